The van der Waals surface area contributed by atoms with E-state index < -0.39 is 11.6 Å². The molecule has 2 atom stereocenters. The summed E-state index contributed by atoms with van der Waals surface area (Å²) in [5.41, 5.74) is -1.43. The summed E-state index contributed by atoms with van der Waals surface area (Å²) in [5.74, 6) is -0.580. The predicted octanol–water partition coefficient (Wildman–Crippen LogP) is -0.406. The fourth-order valence-electron chi connectivity index (χ4n) is 2.11. The largest absolute Gasteiger partial charge is 0.467 e. The van der Waals surface area contributed by atoms with E-state index in [2.05, 4.69) is 10.1 Å². The second kappa shape index (κ2) is 5.61. The zero-order chi connectivity index (χ0) is 12.2. The lowest BCUT2D eigenvalue weighted by atomic mass is 10.0. The Morgan fingerprint density at radius 1 is 1.69 bits per heavy atom. The van der Waals surface area contributed by atoms with Gasteiger partial charge in [0.2, 0.25) is 0 Å². The molecule has 0 aromatic rings. The number of methoxy groups -OCH3 is 1. The van der Waals surface area contributed by atoms with Crippen molar-refractivity contribution in [2.24, 2.45) is 0 Å². The first-order chi connectivity index (χ1) is 7.47. The van der Waals surface area contributed by atoms with E-state index in [1.807, 2.05) is 11.9 Å². The number of hydrogen-bond acceptors (Lipinski definition) is 5. The van der Waals surface area contributed by atoms with Crippen LogP contribution in [-0.4, -0.2) is 61.4 Å². The maximum atomic E-state index is 11.3. The number of hydrogen-bond donors (Lipinski definition) is 2. The fourth-order valence-corrected chi connectivity index (χ4v) is 2.11. The van der Waals surface area contributed by atoms with Gasteiger partial charge in [-0.15, -0.1) is 0 Å². The molecule has 2 unspecified atom stereocenters. The molecule has 5 nitrogen and oxygen atoms in total. The van der Waals surface area contributed by atoms with E-state index in [1.54, 1.807) is 0 Å². The molecule has 1 saturated heterocycles. The summed E-state index contributed by atoms with van der Waals surface area (Å²) in [6.45, 7) is 3.75. The van der Waals surface area contributed by atoms with Crippen molar-refractivity contribution in [3.05, 3.63) is 0 Å². The van der Waals surface area contributed by atoms with Crippen LogP contribution in [0.4, 0.5) is 0 Å². The van der Waals surface area contributed by atoms with E-state index in [1.165, 1.54) is 14.0 Å². The standard InChI is InChI=1S/C11H22N2O3/c1-11(15,10(14)16-3)8-13(2)9-5-4-6-12-7-9/h9,12,15H,4-8H2,1-3H3. The van der Waals surface area contributed by atoms with Crippen LogP contribution in [0.1, 0.15) is 19.8 Å². The maximum Gasteiger partial charge on any atom is 0.338 e. The van der Waals surface area contributed by atoms with Gasteiger partial charge in [0.1, 0.15) is 0 Å². The summed E-state index contributed by atoms with van der Waals surface area (Å²) in [6.07, 6.45) is 2.23. The molecule has 1 aliphatic rings. The number of ether oxygens (including phenoxy) is 1. The van der Waals surface area contributed by atoms with Crippen LogP contribution >= 0.6 is 0 Å². The molecule has 1 heterocycles. The third kappa shape index (κ3) is 3.43. The average Bonchev–Trinajstić information content (AvgIpc) is 2.28. The number of nitrogens with one attached hydrogen (secondary N) is 1. The molecule has 0 aromatic heterocycles. The lowest BCUT2D eigenvalue weighted by Crippen LogP contribution is -2.52. The Bertz CT molecular complexity index is 237. The Kier molecular flexibility index (Phi) is 4.70. The molecule has 0 amide bonds. The Balaban J connectivity index is 2.48. The number of carbonyl (C=O) groups is 1. The van der Waals surface area contributed by atoms with E-state index in [4.69, 9.17) is 0 Å². The molecule has 0 aromatic carbocycles. The first-order valence-corrected chi connectivity index (χ1v) is 5.69. The highest BCUT2D eigenvalue weighted by Gasteiger charge is 2.34. The highest BCUT2D eigenvalue weighted by molar-refractivity contribution is 5.78. The first kappa shape index (κ1) is 13.4. The van der Waals surface area contributed by atoms with E-state index in [0.29, 0.717) is 12.6 Å². The fraction of sp³-hybridized carbons (Fsp3) is 0.909. The van der Waals surface area contributed by atoms with Gasteiger partial charge in [-0.25, -0.2) is 4.79 Å². The van der Waals surface area contributed by atoms with Crippen molar-refractivity contribution in [3.8, 4) is 0 Å². The Morgan fingerprint density at radius 3 is 2.88 bits per heavy atom. The lowest BCUT2D eigenvalue weighted by molar-refractivity contribution is -0.162. The van der Waals surface area contributed by atoms with Gasteiger partial charge in [-0.2, -0.15) is 0 Å². The third-order valence-corrected chi connectivity index (χ3v) is 3.08. The molecule has 0 saturated carbocycles. The molecule has 1 aliphatic heterocycles. The van der Waals surface area contributed by atoms with Gasteiger partial charge in [0, 0.05) is 19.1 Å². The number of piperidine rings is 1. The summed E-state index contributed by atoms with van der Waals surface area (Å²) >= 11 is 0. The minimum atomic E-state index is -1.43. The van der Waals surface area contributed by atoms with Crippen LogP contribution < -0.4 is 5.32 Å². The highest BCUT2D eigenvalue weighted by Crippen LogP contribution is 2.14. The van der Waals surface area contributed by atoms with Crippen molar-refractivity contribution in [2.75, 3.05) is 33.8 Å². The molecule has 0 bridgehead atoms. The SMILES string of the molecule is COC(=O)C(C)(O)CN(C)C1CCCNC1. The van der Waals surface area contributed by atoms with Crippen LogP contribution in [0, 0.1) is 0 Å². The normalized spacial score (nSPS) is 25.2. The Hall–Kier alpha value is -0.650. The topological polar surface area (TPSA) is 61.8 Å². The molecule has 16 heavy (non-hydrogen) atoms. The molecule has 0 spiro atoms. The summed E-state index contributed by atoms with van der Waals surface area (Å²) < 4.78 is 4.57. The van der Waals surface area contributed by atoms with Gasteiger partial charge in [-0.1, -0.05) is 0 Å². The number of likely N-dealkylation sites (N-methyl/N-ethyl adjacent to an activating group) is 1. The number of carbonyl (C=O) groups excluding carboxylic acids is 1. The van der Waals surface area contributed by atoms with Crippen molar-refractivity contribution in [2.45, 2.75) is 31.4 Å². The molecular weight excluding hydrogens is 208 g/mol. The molecule has 94 valence electrons. The summed E-state index contributed by atoms with van der Waals surface area (Å²) in [7, 11) is 3.22. The van der Waals surface area contributed by atoms with E-state index in [0.717, 1.165) is 25.9 Å². The number of nitrogens with zero attached hydrogens (tertiary/aromatic N) is 1. The predicted molar refractivity (Wildman–Crippen MR) is 61.2 cm³/mol. The maximum absolute atomic E-state index is 11.3. The molecular formula is C11H22N2O3. The van der Waals surface area contributed by atoms with Crippen LogP contribution in [0.25, 0.3) is 0 Å². The van der Waals surface area contributed by atoms with E-state index in [-0.39, 0.29) is 0 Å². The van der Waals surface area contributed by atoms with E-state index in [9.17, 15) is 9.90 Å². The third-order valence-electron chi connectivity index (χ3n) is 3.08. The Labute approximate surface area is 96.8 Å². The van der Waals surface area contributed by atoms with Gasteiger partial charge in [0.15, 0.2) is 5.60 Å². The summed E-state index contributed by atoms with van der Waals surface area (Å²) in [6, 6.07) is 0.380. The molecule has 0 aliphatic carbocycles. The minimum absolute atomic E-state index is 0.298. The lowest BCUT2D eigenvalue weighted by Gasteiger charge is -2.35. The van der Waals surface area contributed by atoms with Gasteiger partial charge < -0.3 is 15.2 Å². The van der Waals surface area contributed by atoms with Gasteiger partial charge in [-0.05, 0) is 33.4 Å². The van der Waals surface area contributed by atoms with E-state index >= 15 is 0 Å². The monoisotopic (exact) mass is 230 g/mol. The van der Waals surface area contributed by atoms with Crippen LogP contribution in [0.5, 0.6) is 0 Å². The van der Waals surface area contributed by atoms with Gasteiger partial charge in [-0.3, -0.25) is 4.90 Å². The molecule has 2 N–H and O–H groups in total. The summed E-state index contributed by atoms with van der Waals surface area (Å²) in [5, 5.41) is 13.3. The zero-order valence-corrected chi connectivity index (χ0v) is 10.3. The first-order valence-electron chi connectivity index (χ1n) is 5.69. The second-order valence-corrected chi connectivity index (χ2v) is 4.68. The van der Waals surface area contributed by atoms with Crippen molar-refractivity contribution >= 4 is 5.97 Å². The van der Waals surface area contributed by atoms with Gasteiger partial charge in [0.25, 0.3) is 0 Å². The average molecular weight is 230 g/mol. The van der Waals surface area contributed by atoms with Gasteiger partial charge in [0.05, 0.1) is 7.11 Å². The minimum Gasteiger partial charge on any atom is -0.467 e. The highest BCUT2D eigenvalue weighted by atomic mass is 16.5. The summed E-state index contributed by atoms with van der Waals surface area (Å²) in [4.78, 5) is 13.4. The van der Waals surface area contributed by atoms with Crippen LogP contribution in [0.3, 0.4) is 0 Å². The van der Waals surface area contributed by atoms with Crippen LogP contribution in [0.15, 0.2) is 0 Å². The van der Waals surface area contributed by atoms with Crippen molar-refractivity contribution in [1.29, 1.82) is 0 Å². The zero-order valence-electron chi connectivity index (χ0n) is 10.3. The number of esters is 1. The molecule has 5 heteroatoms. The Morgan fingerprint density at radius 2 is 2.38 bits per heavy atom. The molecule has 1 fully saturated rings. The van der Waals surface area contributed by atoms with Crippen LogP contribution in [-0.2, 0) is 9.53 Å². The van der Waals surface area contributed by atoms with Gasteiger partial charge >= 0.3 is 5.97 Å². The molecule has 0 radical (unpaired) electrons. The number of aliphatic hydroxyl groups is 1. The smallest absolute Gasteiger partial charge is 0.338 e. The van der Waals surface area contributed by atoms with Crippen molar-refractivity contribution in [3.63, 3.8) is 0 Å². The number of rotatable bonds is 4. The van der Waals surface area contributed by atoms with Crippen LogP contribution in [0.2, 0.25) is 0 Å². The van der Waals surface area contributed by atoms with Crippen molar-refractivity contribution in [1.82, 2.24) is 10.2 Å². The second-order valence-electron chi connectivity index (χ2n) is 4.68. The van der Waals surface area contributed by atoms with Crippen molar-refractivity contribution < 1.29 is 14.6 Å². The quantitative estimate of drug-likeness (QED) is 0.643. The molecule has 1 rings (SSSR count).